The lowest BCUT2D eigenvalue weighted by atomic mass is 9.88. The van der Waals surface area contributed by atoms with E-state index in [1.165, 1.54) is 9.80 Å². The molecule has 3 amide bonds. The van der Waals surface area contributed by atoms with Crippen LogP contribution >= 0.6 is 0 Å². The fourth-order valence-electron chi connectivity index (χ4n) is 4.93. The fraction of sp³-hybridized carbons (Fsp3) is 0.630. The average Bonchev–Trinajstić information content (AvgIpc) is 3.37. The third-order valence-corrected chi connectivity index (χ3v) is 7.00. The number of fused-ring (bicyclic) bond motifs is 1. The van der Waals surface area contributed by atoms with Gasteiger partial charge in [0.05, 0.1) is 12.6 Å². The number of nitrogens with one attached hydrogen (secondary N) is 1. The molecule has 0 saturated carbocycles. The van der Waals surface area contributed by atoms with E-state index in [1.807, 2.05) is 45.0 Å². The van der Waals surface area contributed by atoms with E-state index in [1.54, 1.807) is 32.9 Å². The largest absolute Gasteiger partial charge is 0.383 e. The minimum Gasteiger partial charge on any atom is -0.383 e. The van der Waals surface area contributed by atoms with E-state index in [-0.39, 0.29) is 30.1 Å². The predicted molar refractivity (Wildman–Crippen MR) is 138 cm³/mol. The standard InChI is InChI=1S/C27H40N4O5/c1-16(2)14-19(28-24(34)17-8-10-18(11-9-17)29(6)7)25(35)30-13-12-20-22(30)21(32)15-31(20)26(36)23(33)27(3,4)5/h8-11,16,19-20,22-23,33H,12-15H2,1-7H3,(H,28,34). The number of carbonyl (C=O) groups is 4. The smallest absolute Gasteiger partial charge is 0.252 e. The Balaban J connectivity index is 1.77. The zero-order valence-electron chi connectivity index (χ0n) is 22.4. The summed E-state index contributed by atoms with van der Waals surface area (Å²) in [5, 5.41) is 13.4. The molecule has 2 aliphatic rings. The second-order valence-electron chi connectivity index (χ2n) is 11.6. The number of aliphatic hydroxyl groups excluding tert-OH is 1. The van der Waals surface area contributed by atoms with Crippen molar-refractivity contribution in [1.29, 1.82) is 0 Å². The Morgan fingerprint density at radius 2 is 1.69 bits per heavy atom. The zero-order chi connectivity index (χ0) is 26.9. The summed E-state index contributed by atoms with van der Waals surface area (Å²) in [5.74, 6) is -1.22. The van der Waals surface area contributed by atoms with Crippen molar-refractivity contribution in [3.63, 3.8) is 0 Å². The van der Waals surface area contributed by atoms with E-state index in [0.717, 1.165) is 5.69 Å². The Hall–Kier alpha value is -2.94. The van der Waals surface area contributed by atoms with Crippen molar-refractivity contribution in [2.75, 3.05) is 32.1 Å². The lowest BCUT2D eigenvalue weighted by Crippen LogP contribution is -2.53. The summed E-state index contributed by atoms with van der Waals surface area (Å²) < 4.78 is 0. The third kappa shape index (κ3) is 5.72. The molecule has 9 nitrogen and oxygen atoms in total. The van der Waals surface area contributed by atoms with Crippen molar-refractivity contribution in [3.8, 4) is 0 Å². The zero-order valence-corrected chi connectivity index (χ0v) is 22.4. The number of likely N-dealkylation sites (tertiary alicyclic amines) is 2. The summed E-state index contributed by atoms with van der Waals surface area (Å²) in [4.78, 5) is 57.5. The highest BCUT2D eigenvalue weighted by molar-refractivity contribution is 6.01. The highest BCUT2D eigenvalue weighted by atomic mass is 16.3. The number of Topliss-reactive ketones (excluding diaryl/α,β-unsaturated/α-hetero) is 1. The van der Waals surface area contributed by atoms with Gasteiger partial charge in [-0.05, 0) is 48.4 Å². The van der Waals surface area contributed by atoms with Crippen LogP contribution in [-0.4, -0.2) is 89.8 Å². The summed E-state index contributed by atoms with van der Waals surface area (Å²) >= 11 is 0. The van der Waals surface area contributed by atoms with E-state index in [2.05, 4.69) is 5.32 Å². The Morgan fingerprint density at radius 1 is 1.08 bits per heavy atom. The monoisotopic (exact) mass is 500 g/mol. The molecule has 2 N–H and O–H groups in total. The van der Waals surface area contributed by atoms with E-state index < -0.39 is 35.6 Å². The van der Waals surface area contributed by atoms with Gasteiger partial charge in [0.2, 0.25) is 5.91 Å². The van der Waals surface area contributed by atoms with Gasteiger partial charge in [0.15, 0.2) is 5.78 Å². The van der Waals surface area contributed by atoms with Crippen molar-refractivity contribution in [3.05, 3.63) is 29.8 Å². The van der Waals surface area contributed by atoms with E-state index in [4.69, 9.17) is 0 Å². The molecular weight excluding hydrogens is 460 g/mol. The first-order valence-electron chi connectivity index (χ1n) is 12.6. The average molecular weight is 501 g/mol. The first-order valence-corrected chi connectivity index (χ1v) is 12.6. The number of carbonyl (C=O) groups excluding carboxylic acids is 4. The molecule has 0 spiro atoms. The lowest BCUT2D eigenvalue weighted by Gasteiger charge is -2.31. The molecule has 9 heteroatoms. The molecule has 3 rings (SSSR count). The summed E-state index contributed by atoms with van der Waals surface area (Å²) in [6.07, 6.45) is -0.354. The molecule has 0 bridgehead atoms. The van der Waals surface area contributed by atoms with Gasteiger partial charge in [-0.25, -0.2) is 0 Å². The summed E-state index contributed by atoms with van der Waals surface area (Å²) in [5.41, 5.74) is 0.746. The van der Waals surface area contributed by atoms with Crippen LogP contribution in [0.15, 0.2) is 24.3 Å². The van der Waals surface area contributed by atoms with Crippen molar-refractivity contribution in [2.24, 2.45) is 11.3 Å². The van der Waals surface area contributed by atoms with E-state index in [0.29, 0.717) is 24.9 Å². The Labute approximate surface area is 213 Å². The summed E-state index contributed by atoms with van der Waals surface area (Å²) in [7, 11) is 3.83. The first kappa shape index (κ1) is 27.6. The molecule has 2 heterocycles. The Morgan fingerprint density at radius 3 is 2.22 bits per heavy atom. The number of hydrogen-bond acceptors (Lipinski definition) is 6. The van der Waals surface area contributed by atoms with Gasteiger partial charge in [0.1, 0.15) is 18.2 Å². The SMILES string of the molecule is CC(C)CC(NC(=O)c1ccc(N(C)C)cc1)C(=O)N1CCC2C1C(=O)CN2C(=O)C(O)C(C)(C)C. The van der Waals surface area contributed by atoms with Gasteiger partial charge < -0.3 is 25.1 Å². The molecule has 36 heavy (non-hydrogen) atoms. The van der Waals surface area contributed by atoms with Crippen LogP contribution < -0.4 is 10.2 Å². The highest BCUT2D eigenvalue weighted by Crippen LogP contribution is 2.33. The molecule has 198 valence electrons. The van der Waals surface area contributed by atoms with Crippen molar-refractivity contribution < 1.29 is 24.3 Å². The van der Waals surface area contributed by atoms with Crippen molar-refractivity contribution >= 4 is 29.2 Å². The van der Waals surface area contributed by atoms with Crippen LogP contribution in [0.5, 0.6) is 0 Å². The predicted octanol–water partition coefficient (Wildman–Crippen LogP) is 1.68. The number of nitrogens with zero attached hydrogens (tertiary/aromatic N) is 3. The Kier molecular flexibility index (Phi) is 8.13. The summed E-state index contributed by atoms with van der Waals surface area (Å²) in [6.45, 7) is 9.44. The quantitative estimate of drug-likeness (QED) is 0.590. The maximum Gasteiger partial charge on any atom is 0.252 e. The minimum atomic E-state index is -1.24. The number of anilines is 1. The molecule has 1 aromatic carbocycles. The van der Waals surface area contributed by atoms with Crippen LogP contribution in [-0.2, 0) is 14.4 Å². The molecule has 0 radical (unpaired) electrons. The molecule has 2 saturated heterocycles. The van der Waals surface area contributed by atoms with Gasteiger partial charge in [-0.2, -0.15) is 0 Å². The third-order valence-electron chi connectivity index (χ3n) is 7.00. The van der Waals surface area contributed by atoms with Crippen LogP contribution in [0.3, 0.4) is 0 Å². The van der Waals surface area contributed by atoms with Crippen LogP contribution in [0.4, 0.5) is 5.69 Å². The molecule has 4 atom stereocenters. The molecule has 4 unspecified atom stereocenters. The van der Waals surface area contributed by atoms with Crippen LogP contribution in [0, 0.1) is 11.3 Å². The lowest BCUT2D eigenvalue weighted by molar-refractivity contribution is -0.147. The molecule has 0 aromatic heterocycles. The van der Waals surface area contributed by atoms with Gasteiger partial charge in [-0.1, -0.05) is 34.6 Å². The molecule has 1 aromatic rings. The van der Waals surface area contributed by atoms with Crippen LogP contribution in [0.2, 0.25) is 0 Å². The highest BCUT2D eigenvalue weighted by Gasteiger charge is 2.53. The molecule has 2 fully saturated rings. The number of amides is 3. The van der Waals surface area contributed by atoms with Gasteiger partial charge in [-0.3, -0.25) is 19.2 Å². The van der Waals surface area contributed by atoms with Crippen molar-refractivity contribution in [2.45, 2.75) is 71.7 Å². The first-order chi connectivity index (χ1) is 16.7. The molecule has 2 aliphatic heterocycles. The number of ketones is 1. The normalized spacial score (nSPS) is 21.4. The van der Waals surface area contributed by atoms with Gasteiger partial charge in [0, 0.05) is 31.9 Å². The van der Waals surface area contributed by atoms with E-state index >= 15 is 0 Å². The van der Waals surface area contributed by atoms with Crippen molar-refractivity contribution in [1.82, 2.24) is 15.1 Å². The topological polar surface area (TPSA) is 110 Å². The molecule has 0 aliphatic carbocycles. The Bertz CT molecular complexity index is 998. The van der Waals surface area contributed by atoms with Gasteiger partial charge in [-0.15, -0.1) is 0 Å². The number of hydrogen-bond donors (Lipinski definition) is 2. The second-order valence-corrected chi connectivity index (χ2v) is 11.6. The molecular formula is C27H40N4O5. The minimum absolute atomic E-state index is 0.121. The van der Waals surface area contributed by atoms with Gasteiger partial charge in [0.25, 0.3) is 11.8 Å². The van der Waals surface area contributed by atoms with Gasteiger partial charge >= 0.3 is 0 Å². The summed E-state index contributed by atoms with van der Waals surface area (Å²) in [6, 6.07) is 5.12. The second kappa shape index (κ2) is 10.6. The van der Waals surface area contributed by atoms with Crippen LogP contribution in [0.25, 0.3) is 0 Å². The van der Waals surface area contributed by atoms with E-state index in [9.17, 15) is 24.3 Å². The maximum atomic E-state index is 13.6. The maximum absolute atomic E-state index is 13.6. The fourth-order valence-corrected chi connectivity index (χ4v) is 4.93. The number of rotatable bonds is 7. The number of benzene rings is 1. The number of aliphatic hydroxyl groups is 1. The van der Waals surface area contributed by atoms with Crippen LogP contribution in [0.1, 0.15) is 57.8 Å².